The van der Waals surface area contributed by atoms with Crippen LogP contribution in [0.2, 0.25) is 0 Å². The first-order chi connectivity index (χ1) is 16.8. The van der Waals surface area contributed by atoms with E-state index in [1.54, 1.807) is 20.2 Å². The van der Waals surface area contributed by atoms with Crippen molar-refractivity contribution < 1.29 is 19.1 Å². The summed E-state index contributed by atoms with van der Waals surface area (Å²) in [6.07, 6.45) is 4.43. The molecule has 3 heterocycles. The van der Waals surface area contributed by atoms with Crippen molar-refractivity contribution in [3.05, 3.63) is 74.6 Å². The molecule has 1 aromatic carbocycles. The van der Waals surface area contributed by atoms with Crippen molar-refractivity contribution in [2.45, 2.75) is 44.4 Å². The van der Waals surface area contributed by atoms with Crippen molar-refractivity contribution >= 4 is 29.0 Å². The third-order valence-corrected chi connectivity index (χ3v) is 7.10. The Morgan fingerprint density at radius 3 is 2.71 bits per heavy atom. The molecule has 1 aliphatic heterocycles. The Kier molecular flexibility index (Phi) is 7.75. The van der Waals surface area contributed by atoms with Crippen LogP contribution in [0.15, 0.2) is 35.7 Å². The molecule has 0 spiro atoms. The van der Waals surface area contributed by atoms with Crippen LogP contribution in [0, 0.1) is 5.82 Å². The van der Waals surface area contributed by atoms with Gasteiger partial charge in [0, 0.05) is 37.6 Å². The third kappa shape index (κ3) is 6.03. The number of aliphatic carboxylic acids is 1. The average molecular weight is 497 g/mol. The number of anilines is 1. The zero-order chi connectivity index (χ0) is 24.9. The summed E-state index contributed by atoms with van der Waals surface area (Å²) < 4.78 is 14.7. The highest BCUT2D eigenvalue weighted by atomic mass is 32.1. The fraction of sp³-hybridized carbons (Fsp3) is 0.385. The molecule has 7 nitrogen and oxygen atoms in total. The smallest absolute Gasteiger partial charge is 0.304 e. The molecule has 0 saturated heterocycles. The first-order valence-electron chi connectivity index (χ1n) is 11.7. The number of aryl methyl sites for hydroxylation is 3. The quantitative estimate of drug-likeness (QED) is 0.452. The van der Waals surface area contributed by atoms with E-state index in [-0.39, 0.29) is 12.0 Å². The maximum absolute atomic E-state index is 14.7. The molecule has 0 radical (unpaired) electrons. The normalized spacial score (nSPS) is 13.6. The molecule has 1 atom stereocenters. The summed E-state index contributed by atoms with van der Waals surface area (Å²) in [7, 11) is 3.11. The van der Waals surface area contributed by atoms with Crippen LogP contribution in [0.3, 0.4) is 0 Å². The summed E-state index contributed by atoms with van der Waals surface area (Å²) in [5, 5.41) is 15.4. The lowest BCUT2D eigenvalue weighted by Gasteiger charge is -2.17. The zero-order valence-electron chi connectivity index (χ0n) is 19.9. The van der Waals surface area contributed by atoms with Gasteiger partial charge in [0.25, 0.3) is 5.91 Å². The summed E-state index contributed by atoms with van der Waals surface area (Å²) in [5.74, 6) is -1.69. The number of benzene rings is 1. The molecule has 35 heavy (non-hydrogen) atoms. The molecule has 0 fully saturated rings. The number of carbonyl (C=O) groups excluding carboxylic acids is 1. The minimum atomic E-state index is -0.993. The number of thiazole rings is 1. The molecule has 184 valence electrons. The van der Waals surface area contributed by atoms with Gasteiger partial charge >= 0.3 is 5.97 Å². The Hall–Kier alpha value is -3.33. The van der Waals surface area contributed by atoms with Gasteiger partial charge in [-0.15, -0.1) is 11.3 Å². The summed E-state index contributed by atoms with van der Waals surface area (Å²) >= 11 is 1.38. The van der Waals surface area contributed by atoms with Gasteiger partial charge in [-0.3, -0.25) is 9.59 Å². The lowest BCUT2D eigenvalue weighted by molar-refractivity contribution is -0.137. The molecule has 9 heteroatoms. The third-order valence-electron chi connectivity index (χ3n) is 6.10. The SMILES string of the molecule is CN(C)C(=O)c1ccc([C@@H](CC(=O)O)c2nc(CCCc3ccc4c(n3)NCCC4)cs2)cc1F. The van der Waals surface area contributed by atoms with Gasteiger partial charge in [-0.1, -0.05) is 12.1 Å². The van der Waals surface area contributed by atoms with Crippen LogP contribution in [0.4, 0.5) is 10.2 Å². The molecule has 0 aliphatic carbocycles. The van der Waals surface area contributed by atoms with Crippen molar-refractivity contribution in [3.8, 4) is 0 Å². The number of hydrogen-bond donors (Lipinski definition) is 2. The second kappa shape index (κ2) is 10.9. The van der Waals surface area contributed by atoms with Crippen LogP contribution in [0.5, 0.6) is 0 Å². The topological polar surface area (TPSA) is 95.4 Å². The predicted octanol–water partition coefficient (Wildman–Crippen LogP) is 4.52. The Bertz CT molecular complexity index is 1230. The monoisotopic (exact) mass is 496 g/mol. The molecule has 0 bridgehead atoms. The highest BCUT2D eigenvalue weighted by molar-refractivity contribution is 7.09. The fourth-order valence-corrected chi connectivity index (χ4v) is 5.22. The molecule has 4 rings (SSSR count). The van der Waals surface area contributed by atoms with Crippen LogP contribution in [-0.2, 0) is 24.1 Å². The van der Waals surface area contributed by atoms with Crippen LogP contribution in [0.1, 0.15) is 63.1 Å². The number of hydrogen-bond acceptors (Lipinski definition) is 6. The number of pyridine rings is 1. The molecule has 0 saturated carbocycles. The van der Waals surface area contributed by atoms with Gasteiger partial charge in [0.15, 0.2) is 0 Å². The largest absolute Gasteiger partial charge is 0.481 e. The molecule has 2 N–H and O–H groups in total. The van der Waals surface area contributed by atoms with Gasteiger partial charge in [-0.2, -0.15) is 0 Å². The van der Waals surface area contributed by atoms with Crippen LogP contribution >= 0.6 is 11.3 Å². The Morgan fingerprint density at radius 2 is 1.97 bits per heavy atom. The Balaban J connectivity index is 1.45. The highest BCUT2D eigenvalue weighted by Crippen LogP contribution is 2.32. The lowest BCUT2D eigenvalue weighted by atomic mass is 9.95. The van der Waals surface area contributed by atoms with E-state index in [9.17, 15) is 19.1 Å². The summed E-state index contributed by atoms with van der Waals surface area (Å²) in [6.45, 7) is 0.959. The van der Waals surface area contributed by atoms with Crippen molar-refractivity contribution in [2.75, 3.05) is 26.0 Å². The van der Waals surface area contributed by atoms with Gasteiger partial charge in [0.2, 0.25) is 0 Å². The average Bonchev–Trinajstić information content (AvgIpc) is 3.30. The minimum absolute atomic E-state index is 0.0429. The van der Waals surface area contributed by atoms with E-state index in [0.717, 1.165) is 55.9 Å². The number of nitrogens with one attached hydrogen (secondary N) is 1. The van der Waals surface area contributed by atoms with E-state index in [1.165, 1.54) is 33.9 Å². The van der Waals surface area contributed by atoms with Crippen LogP contribution in [-0.4, -0.2) is 52.5 Å². The van der Waals surface area contributed by atoms with Gasteiger partial charge in [-0.05, 0) is 61.4 Å². The first-order valence-corrected chi connectivity index (χ1v) is 12.6. The molecule has 0 unspecified atom stereocenters. The second-order valence-corrected chi connectivity index (χ2v) is 9.85. The molecule has 1 aliphatic rings. The van der Waals surface area contributed by atoms with Crippen LogP contribution in [0.25, 0.3) is 0 Å². The van der Waals surface area contributed by atoms with E-state index in [0.29, 0.717) is 10.6 Å². The summed E-state index contributed by atoms with van der Waals surface area (Å²) in [6, 6.07) is 8.51. The van der Waals surface area contributed by atoms with Crippen molar-refractivity contribution in [2.24, 2.45) is 0 Å². The molecule has 2 aromatic heterocycles. The van der Waals surface area contributed by atoms with E-state index in [2.05, 4.69) is 22.4 Å². The van der Waals surface area contributed by atoms with Crippen LogP contribution < -0.4 is 5.32 Å². The molecule has 3 aromatic rings. The van der Waals surface area contributed by atoms with Crippen molar-refractivity contribution in [3.63, 3.8) is 0 Å². The standard InChI is InChI=1S/C26H29FN4O3S/c1-31(2)26(34)20-11-9-17(13-22(20)27)21(14-23(32)33)25-30-19(15-35-25)7-3-6-18-10-8-16-5-4-12-28-24(16)29-18/h8-11,13,15,21H,3-7,12,14H2,1-2H3,(H,28,29)(H,32,33)/t21-/m1/s1. The number of rotatable bonds is 9. The lowest BCUT2D eigenvalue weighted by Crippen LogP contribution is -2.23. The van der Waals surface area contributed by atoms with Gasteiger partial charge in [0.1, 0.15) is 16.6 Å². The maximum atomic E-state index is 14.7. The number of carbonyl (C=O) groups is 2. The highest BCUT2D eigenvalue weighted by Gasteiger charge is 2.24. The Morgan fingerprint density at radius 1 is 1.17 bits per heavy atom. The number of nitrogens with zero attached hydrogens (tertiary/aromatic N) is 3. The molecule has 1 amide bonds. The van der Waals surface area contributed by atoms with Gasteiger partial charge in [-0.25, -0.2) is 14.4 Å². The number of aromatic nitrogens is 2. The van der Waals surface area contributed by atoms with E-state index in [4.69, 9.17) is 4.98 Å². The number of halogens is 1. The van der Waals surface area contributed by atoms with E-state index >= 15 is 0 Å². The Labute approximate surface area is 208 Å². The summed E-state index contributed by atoms with van der Waals surface area (Å²) in [5.41, 5.74) is 3.64. The molecular weight excluding hydrogens is 467 g/mol. The number of carboxylic acids is 1. The van der Waals surface area contributed by atoms with Gasteiger partial charge < -0.3 is 15.3 Å². The second-order valence-electron chi connectivity index (χ2n) is 8.96. The number of fused-ring (bicyclic) bond motifs is 1. The van der Waals surface area contributed by atoms with E-state index in [1.807, 2.05) is 5.38 Å². The number of amides is 1. The van der Waals surface area contributed by atoms with E-state index < -0.39 is 23.6 Å². The van der Waals surface area contributed by atoms with Gasteiger partial charge in [0.05, 0.1) is 17.7 Å². The molecular formula is C26H29FN4O3S. The predicted molar refractivity (Wildman–Crippen MR) is 134 cm³/mol. The minimum Gasteiger partial charge on any atom is -0.481 e. The summed E-state index contributed by atoms with van der Waals surface area (Å²) in [4.78, 5) is 34.4. The number of carboxylic acid groups (broad SMARTS) is 1. The van der Waals surface area contributed by atoms with Crippen molar-refractivity contribution in [1.82, 2.24) is 14.9 Å². The first kappa shape index (κ1) is 24.8. The maximum Gasteiger partial charge on any atom is 0.304 e. The zero-order valence-corrected chi connectivity index (χ0v) is 20.7. The fourth-order valence-electron chi connectivity index (χ4n) is 4.24. The van der Waals surface area contributed by atoms with Crippen molar-refractivity contribution in [1.29, 1.82) is 0 Å².